The Morgan fingerprint density at radius 1 is 0.288 bits per heavy atom. The molecule has 0 amide bonds. The maximum atomic E-state index is 12.9. The third-order valence-electron chi connectivity index (χ3n) is 11.5. The van der Waals surface area contributed by atoms with Gasteiger partial charge in [0, 0.05) is 19.3 Å². The average molecular weight is 1010 g/mol. The van der Waals surface area contributed by atoms with E-state index in [1.807, 2.05) is 12.2 Å². The van der Waals surface area contributed by atoms with Crippen molar-refractivity contribution in [3.05, 3.63) is 158 Å². The van der Waals surface area contributed by atoms with E-state index in [-0.39, 0.29) is 50.4 Å². The molecule has 0 aromatic rings. The van der Waals surface area contributed by atoms with Crippen LogP contribution in [-0.2, 0) is 28.6 Å². The summed E-state index contributed by atoms with van der Waals surface area (Å²) in [6.07, 6.45) is 86.8. The first-order chi connectivity index (χ1) is 36.0. The van der Waals surface area contributed by atoms with E-state index in [9.17, 15) is 14.4 Å². The SMILES string of the molecule is CC/C=C\C/C=C\C/C=C\C/C=C\C/C=C\C/C=C\CCCCC(=O)OCC(COC(=O)CC/C=C\C/C=C\C/C=C\C/C=C\CC)OC(=O)CCCCCCCC/C=C\C/C=C\C/C=C\CCCCCCC. The molecule has 0 aromatic carbocycles. The van der Waals surface area contributed by atoms with Crippen molar-refractivity contribution in [1.82, 2.24) is 0 Å². The Morgan fingerprint density at radius 2 is 0.562 bits per heavy atom. The maximum absolute atomic E-state index is 12.9. The number of esters is 3. The number of allylic oxidation sites excluding steroid dienone is 26. The zero-order valence-electron chi connectivity index (χ0n) is 46.6. The van der Waals surface area contributed by atoms with E-state index in [0.717, 1.165) is 122 Å². The van der Waals surface area contributed by atoms with Gasteiger partial charge in [-0.05, 0) is 135 Å². The molecule has 408 valence electrons. The van der Waals surface area contributed by atoms with Crippen LogP contribution in [-0.4, -0.2) is 37.2 Å². The summed E-state index contributed by atoms with van der Waals surface area (Å²) in [6, 6.07) is 0. The molecule has 0 rings (SSSR count). The van der Waals surface area contributed by atoms with E-state index in [4.69, 9.17) is 14.2 Å². The summed E-state index contributed by atoms with van der Waals surface area (Å²) < 4.78 is 16.7. The van der Waals surface area contributed by atoms with Crippen LogP contribution in [0.2, 0.25) is 0 Å². The van der Waals surface area contributed by atoms with Crippen LogP contribution in [0.15, 0.2) is 158 Å². The average Bonchev–Trinajstić information content (AvgIpc) is 3.39. The molecule has 0 aliphatic rings. The molecule has 6 nitrogen and oxygen atoms in total. The van der Waals surface area contributed by atoms with Crippen molar-refractivity contribution in [3.63, 3.8) is 0 Å². The zero-order valence-corrected chi connectivity index (χ0v) is 46.6. The molecule has 0 aromatic heterocycles. The van der Waals surface area contributed by atoms with Gasteiger partial charge in [0.25, 0.3) is 0 Å². The van der Waals surface area contributed by atoms with Crippen molar-refractivity contribution < 1.29 is 28.6 Å². The minimum Gasteiger partial charge on any atom is -0.462 e. The summed E-state index contributed by atoms with van der Waals surface area (Å²) in [7, 11) is 0. The fraction of sp³-hybridized carbons (Fsp3) is 0.567. The van der Waals surface area contributed by atoms with E-state index in [1.54, 1.807) is 0 Å². The van der Waals surface area contributed by atoms with Crippen LogP contribution in [0.25, 0.3) is 0 Å². The Morgan fingerprint density at radius 3 is 0.945 bits per heavy atom. The zero-order chi connectivity index (χ0) is 52.9. The quantitative estimate of drug-likeness (QED) is 0.0261. The van der Waals surface area contributed by atoms with Crippen LogP contribution in [0.5, 0.6) is 0 Å². The molecule has 0 saturated carbocycles. The maximum Gasteiger partial charge on any atom is 0.306 e. The second-order valence-electron chi connectivity index (χ2n) is 18.4. The summed E-state index contributed by atoms with van der Waals surface area (Å²) in [5, 5.41) is 0. The molecule has 0 fully saturated rings. The number of carbonyl (C=O) groups is 3. The smallest absolute Gasteiger partial charge is 0.306 e. The summed E-state index contributed by atoms with van der Waals surface area (Å²) in [5.41, 5.74) is 0. The van der Waals surface area contributed by atoms with Gasteiger partial charge in [0.2, 0.25) is 0 Å². The van der Waals surface area contributed by atoms with Gasteiger partial charge in [-0.1, -0.05) is 230 Å². The van der Waals surface area contributed by atoms with Crippen molar-refractivity contribution in [2.24, 2.45) is 0 Å². The minimum atomic E-state index is -0.841. The molecule has 73 heavy (non-hydrogen) atoms. The van der Waals surface area contributed by atoms with E-state index in [0.29, 0.717) is 12.8 Å². The van der Waals surface area contributed by atoms with E-state index >= 15 is 0 Å². The predicted molar refractivity (Wildman–Crippen MR) is 315 cm³/mol. The van der Waals surface area contributed by atoms with E-state index in [1.165, 1.54) is 51.4 Å². The van der Waals surface area contributed by atoms with Gasteiger partial charge < -0.3 is 14.2 Å². The number of unbranched alkanes of at least 4 members (excludes halogenated alkanes) is 13. The van der Waals surface area contributed by atoms with Crippen molar-refractivity contribution >= 4 is 17.9 Å². The van der Waals surface area contributed by atoms with Gasteiger partial charge in [0.05, 0.1) is 0 Å². The minimum absolute atomic E-state index is 0.136. The van der Waals surface area contributed by atoms with Gasteiger partial charge in [-0.3, -0.25) is 14.4 Å². The number of rotatable bonds is 50. The summed E-state index contributed by atoms with van der Waals surface area (Å²) >= 11 is 0. The van der Waals surface area contributed by atoms with E-state index in [2.05, 4.69) is 167 Å². The van der Waals surface area contributed by atoms with Gasteiger partial charge in [0.1, 0.15) is 13.2 Å². The second kappa shape index (κ2) is 59.6. The Hall–Kier alpha value is -4.97. The van der Waals surface area contributed by atoms with Gasteiger partial charge in [-0.2, -0.15) is 0 Å². The van der Waals surface area contributed by atoms with Crippen molar-refractivity contribution in [2.45, 2.75) is 232 Å². The largest absolute Gasteiger partial charge is 0.462 e. The molecule has 0 aliphatic carbocycles. The second-order valence-corrected chi connectivity index (χ2v) is 18.4. The Kier molecular flexibility index (Phi) is 55.5. The molecule has 0 radical (unpaired) electrons. The first-order valence-corrected chi connectivity index (χ1v) is 29.0. The van der Waals surface area contributed by atoms with Gasteiger partial charge >= 0.3 is 17.9 Å². The van der Waals surface area contributed by atoms with Crippen LogP contribution in [0.4, 0.5) is 0 Å². The third kappa shape index (κ3) is 57.8. The lowest BCUT2D eigenvalue weighted by Crippen LogP contribution is -2.30. The molecule has 0 bridgehead atoms. The summed E-state index contributed by atoms with van der Waals surface area (Å²) in [4.78, 5) is 38.1. The topological polar surface area (TPSA) is 78.9 Å². The molecule has 6 heteroatoms. The Bertz CT molecular complexity index is 1670. The molecular weight excluding hydrogens is 901 g/mol. The highest BCUT2D eigenvalue weighted by atomic mass is 16.6. The van der Waals surface area contributed by atoms with Gasteiger partial charge in [0.15, 0.2) is 6.10 Å². The summed E-state index contributed by atoms with van der Waals surface area (Å²) in [6.45, 7) is 6.27. The summed E-state index contributed by atoms with van der Waals surface area (Å²) in [5.74, 6) is -1.08. The number of hydrogen-bond donors (Lipinski definition) is 0. The molecule has 1 atom stereocenters. The lowest BCUT2D eigenvalue weighted by Gasteiger charge is -2.18. The molecule has 0 spiro atoms. The standard InChI is InChI=1S/C67H104O6/c1-4-7-10-13-16-19-22-25-27-29-31-33-35-37-39-42-45-48-51-54-57-60-66(69)72-63-64(62-71-65(68)59-56-53-50-47-44-41-24-21-18-15-12-9-6-3)73-67(70)61-58-55-52-49-46-43-40-38-36-34-32-30-28-26-23-20-17-14-11-8-5-2/h7,9-10,12,16,18-19,21,23,25-27,30-33,36-39,41,44-45,48,50,53,64H,4-6,8,11,13-15,17,20,22,24,28-29,34-35,40,42-43,46-47,49,51-52,54-63H2,1-3H3/b10-7-,12-9-,19-16-,21-18-,26-23-,27-25-,32-30-,33-31-,38-36-,39-37-,44-41-,48-45-,53-50-. The fourth-order valence-corrected chi connectivity index (χ4v) is 7.23. The lowest BCUT2D eigenvalue weighted by molar-refractivity contribution is -0.166. The van der Waals surface area contributed by atoms with Crippen LogP contribution in [0.3, 0.4) is 0 Å². The van der Waals surface area contributed by atoms with Crippen molar-refractivity contribution in [2.75, 3.05) is 13.2 Å². The molecular formula is C67H104O6. The van der Waals surface area contributed by atoms with Crippen LogP contribution in [0.1, 0.15) is 226 Å². The molecule has 0 aliphatic heterocycles. The van der Waals surface area contributed by atoms with Crippen LogP contribution < -0.4 is 0 Å². The van der Waals surface area contributed by atoms with Crippen LogP contribution in [0, 0.1) is 0 Å². The first kappa shape index (κ1) is 68.0. The number of ether oxygens (including phenoxy) is 3. The van der Waals surface area contributed by atoms with Crippen molar-refractivity contribution in [1.29, 1.82) is 0 Å². The highest BCUT2D eigenvalue weighted by molar-refractivity contribution is 5.71. The Labute approximate surface area is 448 Å². The van der Waals surface area contributed by atoms with E-state index < -0.39 is 6.10 Å². The lowest BCUT2D eigenvalue weighted by atomic mass is 10.1. The normalized spacial score (nSPS) is 13.3. The Balaban J connectivity index is 4.56. The monoisotopic (exact) mass is 1000 g/mol. The molecule has 0 heterocycles. The van der Waals surface area contributed by atoms with Gasteiger partial charge in [-0.25, -0.2) is 0 Å². The fourth-order valence-electron chi connectivity index (χ4n) is 7.23. The first-order valence-electron chi connectivity index (χ1n) is 29.0. The highest BCUT2D eigenvalue weighted by Gasteiger charge is 2.19. The number of hydrogen-bond acceptors (Lipinski definition) is 6. The van der Waals surface area contributed by atoms with Crippen LogP contribution >= 0.6 is 0 Å². The molecule has 0 saturated heterocycles. The van der Waals surface area contributed by atoms with Crippen molar-refractivity contribution in [3.8, 4) is 0 Å². The third-order valence-corrected chi connectivity index (χ3v) is 11.5. The molecule has 0 N–H and O–H groups in total. The highest BCUT2D eigenvalue weighted by Crippen LogP contribution is 2.12. The number of carbonyl (C=O) groups excluding carboxylic acids is 3. The molecule has 1 unspecified atom stereocenters. The predicted octanol–water partition coefficient (Wildman–Crippen LogP) is 19.8. The van der Waals surface area contributed by atoms with Gasteiger partial charge in [-0.15, -0.1) is 0 Å².